The Labute approximate surface area is 227 Å². The Kier molecular flexibility index (Phi) is 8.05. The molecule has 41 heavy (non-hydrogen) atoms. The van der Waals surface area contributed by atoms with Crippen molar-refractivity contribution < 1.29 is 48.3 Å². The predicted octanol–water partition coefficient (Wildman–Crippen LogP) is 4.71. The first-order valence-electron chi connectivity index (χ1n) is 11.7. The van der Waals surface area contributed by atoms with E-state index < -0.39 is 80.4 Å². The van der Waals surface area contributed by atoms with Crippen molar-refractivity contribution >= 4 is 15.9 Å². The lowest BCUT2D eigenvalue weighted by atomic mass is 10.1. The minimum Gasteiger partial charge on any atom is -0.351 e. The van der Waals surface area contributed by atoms with Crippen molar-refractivity contribution in [3.63, 3.8) is 0 Å². The quantitative estimate of drug-likeness (QED) is 0.406. The topological polar surface area (TPSA) is 105 Å². The molecule has 0 radical (unpaired) electrons. The van der Waals surface area contributed by atoms with Crippen molar-refractivity contribution in [1.82, 2.24) is 24.6 Å². The van der Waals surface area contributed by atoms with Gasteiger partial charge in [0, 0.05) is 36.7 Å². The maximum absolute atomic E-state index is 13.7. The highest BCUT2D eigenvalue weighted by molar-refractivity contribution is 7.89. The highest BCUT2D eigenvalue weighted by atomic mass is 32.2. The van der Waals surface area contributed by atoms with E-state index in [4.69, 9.17) is 0 Å². The van der Waals surface area contributed by atoms with Crippen LogP contribution in [0.1, 0.15) is 36.7 Å². The number of nitrogens with zero attached hydrogens (tertiary/aromatic N) is 4. The Hall–Kier alpha value is -3.73. The van der Waals surface area contributed by atoms with Gasteiger partial charge in [0.05, 0.1) is 16.2 Å². The number of pyridine rings is 1. The average molecular weight is 609 g/mol. The summed E-state index contributed by atoms with van der Waals surface area (Å²) in [5.74, 6) is -5.13. The van der Waals surface area contributed by atoms with E-state index in [1.807, 2.05) is 0 Å². The van der Waals surface area contributed by atoms with Crippen LogP contribution in [0.5, 0.6) is 0 Å². The Morgan fingerprint density at radius 2 is 1.61 bits per heavy atom. The van der Waals surface area contributed by atoms with Crippen LogP contribution in [0.3, 0.4) is 0 Å². The van der Waals surface area contributed by atoms with Crippen LogP contribution in [0.2, 0.25) is 0 Å². The van der Waals surface area contributed by atoms with E-state index in [1.54, 1.807) is 0 Å². The van der Waals surface area contributed by atoms with Gasteiger partial charge >= 0.3 is 12.4 Å². The molecule has 1 aliphatic heterocycles. The largest absolute Gasteiger partial charge is 0.451 e. The number of amides is 1. The van der Waals surface area contributed by atoms with E-state index in [-0.39, 0.29) is 24.1 Å². The summed E-state index contributed by atoms with van der Waals surface area (Å²) in [6.45, 7) is 0.725. The van der Waals surface area contributed by atoms with Crippen molar-refractivity contribution in [2.45, 2.75) is 55.6 Å². The Morgan fingerprint density at radius 1 is 0.951 bits per heavy atom. The molecule has 3 heterocycles. The molecule has 220 valence electrons. The van der Waals surface area contributed by atoms with E-state index in [0.29, 0.717) is 18.3 Å². The van der Waals surface area contributed by atoms with Gasteiger partial charge in [0.25, 0.3) is 0 Å². The monoisotopic (exact) mass is 609 g/mol. The number of nitrogens with one attached hydrogen (secondary N) is 1. The van der Waals surface area contributed by atoms with E-state index in [1.165, 1.54) is 6.92 Å². The van der Waals surface area contributed by atoms with Gasteiger partial charge in [-0.3, -0.25) is 9.78 Å². The van der Waals surface area contributed by atoms with Crippen molar-refractivity contribution in [3.05, 3.63) is 71.4 Å². The van der Waals surface area contributed by atoms with Gasteiger partial charge in [0.2, 0.25) is 21.8 Å². The number of hydrogen-bond donors (Lipinski definition) is 1. The lowest BCUT2D eigenvalue weighted by Gasteiger charge is -2.27. The lowest BCUT2D eigenvalue weighted by molar-refractivity contribution is -0.145. The molecule has 0 bridgehead atoms. The molecule has 1 amide bonds. The minimum atomic E-state index is -4.92. The SMILES string of the molecule is C[C@H]1CC[C@@H](C(=O)NCc2cc(-c3cnc(C(F)(F)F)nc3)ncc2C(F)(F)F)N1S(=O)(=O)c1ccc(F)c(F)c1. The zero-order valence-corrected chi connectivity index (χ0v) is 21.6. The first-order chi connectivity index (χ1) is 19.0. The molecule has 0 saturated carbocycles. The molecule has 0 aliphatic carbocycles. The fraction of sp³-hybridized carbons (Fsp3) is 0.333. The molecule has 1 aromatic carbocycles. The third kappa shape index (κ3) is 6.29. The van der Waals surface area contributed by atoms with Crippen molar-refractivity contribution in [2.75, 3.05) is 0 Å². The van der Waals surface area contributed by atoms with Gasteiger partial charge < -0.3 is 5.32 Å². The minimum absolute atomic E-state index is 0.00742. The normalized spacial score (nSPS) is 18.5. The summed E-state index contributed by atoms with van der Waals surface area (Å²) in [4.78, 5) is 22.4. The number of sulfonamides is 1. The molecule has 2 aromatic heterocycles. The predicted molar refractivity (Wildman–Crippen MR) is 125 cm³/mol. The smallest absolute Gasteiger partial charge is 0.351 e. The van der Waals surface area contributed by atoms with Crippen LogP contribution in [0.15, 0.2) is 47.8 Å². The third-order valence-corrected chi connectivity index (χ3v) is 8.34. The van der Waals surface area contributed by atoms with E-state index in [9.17, 15) is 48.3 Å². The highest BCUT2D eigenvalue weighted by Gasteiger charge is 2.44. The Balaban J connectivity index is 1.60. The number of halogens is 8. The zero-order chi connectivity index (χ0) is 30.3. The average Bonchev–Trinajstić information content (AvgIpc) is 3.30. The Morgan fingerprint density at radius 3 is 2.20 bits per heavy atom. The fourth-order valence-corrected chi connectivity index (χ4v) is 6.19. The van der Waals surface area contributed by atoms with Gasteiger partial charge in [0.1, 0.15) is 6.04 Å². The van der Waals surface area contributed by atoms with Gasteiger partial charge in [-0.25, -0.2) is 27.2 Å². The molecule has 17 heteroatoms. The summed E-state index contributed by atoms with van der Waals surface area (Å²) in [7, 11) is -4.51. The van der Waals surface area contributed by atoms with Gasteiger partial charge in [0.15, 0.2) is 11.6 Å². The van der Waals surface area contributed by atoms with Gasteiger partial charge in [-0.05, 0) is 49.6 Å². The second-order valence-corrected chi connectivity index (χ2v) is 10.9. The van der Waals surface area contributed by atoms with E-state index in [2.05, 4.69) is 20.3 Å². The van der Waals surface area contributed by atoms with Crippen LogP contribution in [0, 0.1) is 11.6 Å². The summed E-state index contributed by atoms with van der Waals surface area (Å²) in [6.07, 6.45) is -7.68. The van der Waals surface area contributed by atoms with Crippen molar-refractivity contribution in [2.24, 2.45) is 0 Å². The van der Waals surface area contributed by atoms with Gasteiger partial charge in [-0.1, -0.05) is 0 Å². The number of rotatable bonds is 6. The molecule has 8 nitrogen and oxygen atoms in total. The molecule has 1 saturated heterocycles. The summed E-state index contributed by atoms with van der Waals surface area (Å²) < 4.78 is 133. The van der Waals surface area contributed by atoms with Crippen LogP contribution < -0.4 is 5.32 Å². The molecular weight excluding hydrogens is 590 g/mol. The van der Waals surface area contributed by atoms with Crippen LogP contribution in [0.25, 0.3) is 11.3 Å². The van der Waals surface area contributed by atoms with Crippen LogP contribution in [0.4, 0.5) is 35.1 Å². The fourth-order valence-electron chi connectivity index (χ4n) is 4.33. The van der Waals surface area contributed by atoms with Gasteiger partial charge in [-0.15, -0.1) is 0 Å². The standard InChI is InChI=1S/C24H19F8N5O3S/c1-12-2-5-20(37(12)41(39,40)15-3-4-17(25)18(26)7-15)21(38)34-8-13-6-19(33-11-16(13)23(27,28)29)14-9-35-22(36-10-14)24(30,31)32/h3-4,6-7,9-12,20H,2,5,8H2,1H3,(H,34,38)/t12-,20-/m0/s1. The summed E-state index contributed by atoms with van der Waals surface area (Å²) in [6, 6.07) is 0.668. The van der Waals surface area contributed by atoms with Crippen molar-refractivity contribution in [3.8, 4) is 11.3 Å². The number of carbonyl (C=O) groups is 1. The molecule has 1 aliphatic rings. The highest BCUT2D eigenvalue weighted by Crippen LogP contribution is 2.35. The summed E-state index contributed by atoms with van der Waals surface area (Å²) >= 11 is 0. The number of hydrogen-bond acceptors (Lipinski definition) is 6. The van der Waals surface area contributed by atoms with Crippen LogP contribution in [-0.4, -0.2) is 45.7 Å². The van der Waals surface area contributed by atoms with Crippen LogP contribution >= 0.6 is 0 Å². The molecule has 3 aromatic rings. The molecule has 1 fully saturated rings. The molecule has 2 atom stereocenters. The second kappa shape index (κ2) is 10.9. The maximum atomic E-state index is 13.7. The first kappa shape index (κ1) is 30.2. The first-order valence-corrected chi connectivity index (χ1v) is 13.2. The molecule has 0 spiro atoms. The Bertz CT molecular complexity index is 1560. The summed E-state index contributed by atoms with van der Waals surface area (Å²) in [5.41, 5.74) is -2.11. The number of benzene rings is 1. The second-order valence-electron chi connectivity index (χ2n) is 9.09. The van der Waals surface area contributed by atoms with Crippen molar-refractivity contribution in [1.29, 1.82) is 0 Å². The third-order valence-electron chi connectivity index (χ3n) is 6.32. The number of alkyl halides is 6. The molecule has 4 rings (SSSR count). The van der Waals surface area contributed by atoms with Gasteiger partial charge in [-0.2, -0.15) is 30.6 Å². The molecule has 1 N–H and O–H groups in total. The number of aromatic nitrogens is 3. The number of carbonyl (C=O) groups excluding carboxylic acids is 1. The summed E-state index contributed by atoms with van der Waals surface area (Å²) in [5, 5.41) is 2.27. The molecular formula is C24H19F8N5O3S. The lowest BCUT2D eigenvalue weighted by Crippen LogP contribution is -2.48. The van der Waals surface area contributed by atoms with Crippen LogP contribution in [-0.2, 0) is 33.7 Å². The maximum Gasteiger partial charge on any atom is 0.451 e. The molecule has 0 unspecified atom stereocenters. The van der Waals surface area contributed by atoms with E-state index in [0.717, 1.165) is 28.8 Å². The van der Waals surface area contributed by atoms with E-state index >= 15 is 0 Å². The zero-order valence-electron chi connectivity index (χ0n) is 20.8.